The summed E-state index contributed by atoms with van der Waals surface area (Å²) in [7, 11) is 0. The normalized spacial score (nSPS) is 11.2. The summed E-state index contributed by atoms with van der Waals surface area (Å²) in [5.41, 5.74) is 8.06. The quantitative estimate of drug-likeness (QED) is 0.736. The van der Waals surface area contributed by atoms with E-state index in [0.717, 1.165) is 12.1 Å². The van der Waals surface area contributed by atoms with Gasteiger partial charge in [-0.15, -0.1) is 0 Å². The van der Waals surface area contributed by atoms with Crippen molar-refractivity contribution in [1.82, 2.24) is 4.57 Å². The molecule has 1 aromatic carbocycles. The van der Waals surface area contributed by atoms with E-state index in [1.54, 1.807) is 0 Å². The third-order valence-electron chi connectivity index (χ3n) is 2.80. The van der Waals surface area contributed by atoms with Crippen molar-refractivity contribution in [3.63, 3.8) is 0 Å². The van der Waals surface area contributed by atoms with Crippen molar-refractivity contribution in [3.8, 4) is 0 Å². The first kappa shape index (κ1) is 12.1. The summed E-state index contributed by atoms with van der Waals surface area (Å²) in [6.45, 7) is 2.39. The van der Waals surface area contributed by atoms with E-state index in [-0.39, 0.29) is 6.61 Å². The van der Waals surface area contributed by atoms with Crippen LogP contribution in [0.4, 0.5) is 0 Å². The van der Waals surface area contributed by atoms with Crippen LogP contribution in [0.5, 0.6) is 0 Å². The minimum atomic E-state index is 0.0699. The van der Waals surface area contributed by atoms with Gasteiger partial charge in [0, 0.05) is 30.2 Å². The molecule has 0 saturated heterocycles. The van der Waals surface area contributed by atoms with Crippen LogP contribution in [-0.2, 0) is 17.8 Å². The molecule has 92 valence electrons. The molecule has 0 aliphatic heterocycles. The van der Waals surface area contributed by atoms with E-state index >= 15 is 0 Å². The van der Waals surface area contributed by atoms with Crippen LogP contribution in [-0.4, -0.2) is 29.5 Å². The van der Waals surface area contributed by atoms with E-state index in [2.05, 4.69) is 22.9 Å². The molecule has 1 heterocycles. The van der Waals surface area contributed by atoms with Crippen LogP contribution in [0.1, 0.15) is 5.56 Å². The van der Waals surface area contributed by atoms with Crippen LogP contribution < -0.4 is 5.73 Å². The monoisotopic (exact) mass is 234 g/mol. The standard InChI is InChI=1S/C13H18N2O2/c14-9-11-10-15(5-7-17-8-6-16)13-4-2-1-3-12(11)13/h1-4,10,16H,5-9,14H2. The summed E-state index contributed by atoms with van der Waals surface area (Å²) < 4.78 is 7.42. The topological polar surface area (TPSA) is 60.4 Å². The van der Waals surface area contributed by atoms with E-state index in [4.69, 9.17) is 15.6 Å². The lowest BCUT2D eigenvalue weighted by molar-refractivity contribution is 0.0875. The molecule has 0 radical (unpaired) electrons. The number of rotatable bonds is 6. The molecule has 0 aliphatic rings. The zero-order valence-corrected chi connectivity index (χ0v) is 9.80. The number of aliphatic hydroxyl groups excluding tert-OH is 1. The predicted octanol–water partition coefficient (Wildman–Crippen LogP) is 1.11. The highest BCUT2D eigenvalue weighted by Crippen LogP contribution is 2.20. The maximum Gasteiger partial charge on any atom is 0.0698 e. The first-order chi connectivity index (χ1) is 8.36. The van der Waals surface area contributed by atoms with Crippen LogP contribution in [0.2, 0.25) is 0 Å². The molecule has 2 aromatic rings. The number of hydrogen-bond donors (Lipinski definition) is 2. The Kier molecular flexibility index (Phi) is 4.14. The summed E-state index contributed by atoms with van der Waals surface area (Å²) >= 11 is 0. The Morgan fingerprint density at radius 3 is 2.82 bits per heavy atom. The number of fused-ring (bicyclic) bond motifs is 1. The van der Waals surface area contributed by atoms with Gasteiger partial charge >= 0.3 is 0 Å². The molecule has 4 nitrogen and oxygen atoms in total. The summed E-state index contributed by atoms with van der Waals surface area (Å²) in [4.78, 5) is 0. The lowest BCUT2D eigenvalue weighted by Gasteiger charge is -2.05. The maximum absolute atomic E-state index is 8.63. The molecule has 0 aliphatic carbocycles. The van der Waals surface area contributed by atoms with Gasteiger partial charge in [0.05, 0.1) is 19.8 Å². The summed E-state index contributed by atoms with van der Waals surface area (Å²) in [6.07, 6.45) is 2.08. The first-order valence-electron chi connectivity index (χ1n) is 5.82. The van der Waals surface area contributed by atoms with Crippen molar-refractivity contribution in [1.29, 1.82) is 0 Å². The molecule has 4 heteroatoms. The molecule has 3 N–H and O–H groups in total. The van der Waals surface area contributed by atoms with Gasteiger partial charge in [-0.1, -0.05) is 18.2 Å². The van der Waals surface area contributed by atoms with Gasteiger partial charge in [0.2, 0.25) is 0 Å². The van der Waals surface area contributed by atoms with Gasteiger partial charge in [-0.25, -0.2) is 0 Å². The molecular weight excluding hydrogens is 216 g/mol. The van der Waals surface area contributed by atoms with Crippen LogP contribution >= 0.6 is 0 Å². The van der Waals surface area contributed by atoms with Crippen LogP contribution in [0.25, 0.3) is 10.9 Å². The molecule has 0 fully saturated rings. The molecule has 0 amide bonds. The second kappa shape index (κ2) is 5.82. The van der Waals surface area contributed by atoms with Crippen molar-refractivity contribution in [2.75, 3.05) is 19.8 Å². The highest BCUT2D eigenvalue weighted by molar-refractivity contribution is 5.83. The van der Waals surface area contributed by atoms with Crippen molar-refractivity contribution in [2.45, 2.75) is 13.1 Å². The zero-order chi connectivity index (χ0) is 12.1. The minimum Gasteiger partial charge on any atom is -0.394 e. The van der Waals surface area contributed by atoms with Gasteiger partial charge in [0.25, 0.3) is 0 Å². The van der Waals surface area contributed by atoms with Gasteiger partial charge in [-0.05, 0) is 11.6 Å². The van der Waals surface area contributed by atoms with Gasteiger partial charge in [0.1, 0.15) is 0 Å². The maximum atomic E-state index is 8.63. The summed E-state index contributed by atoms with van der Waals surface area (Å²) in [5, 5.41) is 9.83. The molecule has 0 atom stereocenters. The second-order valence-electron chi connectivity index (χ2n) is 3.90. The molecule has 2 rings (SSSR count). The number of aliphatic hydroxyl groups is 1. The Hall–Kier alpha value is -1.36. The fraction of sp³-hybridized carbons (Fsp3) is 0.385. The molecule has 0 spiro atoms. The Morgan fingerprint density at radius 1 is 1.24 bits per heavy atom. The fourth-order valence-corrected chi connectivity index (χ4v) is 2.00. The van der Waals surface area contributed by atoms with E-state index in [1.165, 1.54) is 10.9 Å². The Labute approximate surface area is 101 Å². The number of nitrogens with zero attached hydrogens (tertiary/aromatic N) is 1. The predicted molar refractivity (Wildman–Crippen MR) is 67.7 cm³/mol. The van der Waals surface area contributed by atoms with Crippen molar-refractivity contribution in [2.24, 2.45) is 5.73 Å². The average Bonchev–Trinajstić information content (AvgIpc) is 2.73. The smallest absolute Gasteiger partial charge is 0.0698 e. The van der Waals surface area contributed by atoms with Crippen LogP contribution in [0.3, 0.4) is 0 Å². The number of aromatic nitrogens is 1. The lowest BCUT2D eigenvalue weighted by Crippen LogP contribution is -2.07. The number of ether oxygens (including phenoxy) is 1. The Bertz CT molecular complexity index is 479. The van der Waals surface area contributed by atoms with E-state index in [1.807, 2.05) is 12.1 Å². The van der Waals surface area contributed by atoms with Gasteiger partial charge in [-0.3, -0.25) is 0 Å². The lowest BCUT2D eigenvalue weighted by atomic mass is 10.2. The zero-order valence-electron chi connectivity index (χ0n) is 9.80. The largest absolute Gasteiger partial charge is 0.394 e. The SMILES string of the molecule is NCc1cn(CCOCCO)c2ccccc12. The molecule has 0 saturated carbocycles. The van der Waals surface area contributed by atoms with Crippen molar-refractivity contribution in [3.05, 3.63) is 36.0 Å². The molecule has 0 unspecified atom stereocenters. The van der Waals surface area contributed by atoms with Gasteiger partial charge < -0.3 is 20.1 Å². The highest BCUT2D eigenvalue weighted by Gasteiger charge is 2.05. The first-order valence-corrected chi connectivity index (χ1v) is 5.82. The number of nitrogens with two attached hydrogens (primary N) is 1. The minimum absolute atomic E-state index is 0.0699. The summed E-state index contributed by atoms with van der Waals surface area (Å²) in [6, 6.07) is 8.21. The van der Waals surface area contributed by atoms with Gasteiger partial charge in [-0.2, -0.15) is 0 Å². The number of para-hydroxylation sites is 1. The second-order valence-corrected chi connectivity index (χ2v) is 3.90. The van der Waals surface area contributed by atoms with Gasteiger partial charge in [0.15, 0.2) is 0 Å². The Balaban J connectivity index is 2.16. The third kappa shape index (κ3) is 2.66. The van der Waals surface area contributed by atoms with E-state index in [0.29, 0.717) is 19.8 Å². The van der Waals surface area contributed by atoms with Crippen LogP contribution in [0, 0.1) is 0 Å². The molecule has 17 heavy (non-hydrogen) atoms. The molecule has 1 aromatic heterocycles. The van der Waals surface area contributed by atoms with Crippen LogP contribution in [0.15, 0.2) is 30.5 Å². The van der Waals surface area contributed by atoms with E-state index in [9.17, 15) is 0 Å². The Morgan fingerprint density at radius 2 is 2.06 bits per heavy atom. The van der Waals surface area contributed by atoms with Crippen molar-refractivity contribution >= 4 is 10.9 Å². The third-order valence-corrected chi connectivity index (χ3v) is 2.80. The molecule has 0 bridgehead atoms. The summed E-state index contributed by atoms with van der Waals surface area (Å²) in [5.74, 6) is 0. The van der Waals surface area contributed by atoms with E-state index < -0.39 is 0 Å². The average molecular weight is 234 g/mol. The fourth-order valence-electron chi connectivity index (χ4n) is 2.00. The molecular formula is C13H18N2O2. The highest BCUT2D eigenvalue weighted by atomic mass is 16.5. The number of hydrogen-bond acceptors (Lipinski definition) is 3. The van der Waals surface area contributed by atoms with Crippen molar-refractivity contribution < 1.29 is 9.84 Å². The number of benzene rings is 1.